The lowest BCUT2D eigenvalue weighted by Gasteiger charge is -2.35. The fourth-order valence-electron chi connectivity index (χ4n) is 1.86. The summed E-state index contributed by atoms with van der Waals surface area (Å²) in [6.45, 7) is 4.84. The molecule has 0 saturated carbocycles. The third-order valence-corrected chi connectivity index (χ3v) is 2.66. The van der Waals surface area contributed by atoms with Crippen molar-refractivity contribution < 1.29 is 4.79 Å². The predicted molar refractivity (Wildman–Crippen MR) is 57.6 cm³/mol. The van der Waals surface area contributed by atoms with Crippen LogP contribution in [0.2, 0.25) is 0 Å². The molecule has 1 heterocycles. The molecule has 1 amide bonds. The zero-order chi connectivity index (χ0) is 10.1. The lowest BCUT2D eigenvalue weighted by atomic mass is 10.1. The average Bonchev–Trinajstić information content (AvgIpc) is 2.20. The number of hydrogen-bond acceptors (Lipinski definition) is 2. The quantitative estimate of drug-likeness (QED) is 0.733. The van der Waals surface area contributed by atoms with Gasteiger partial charge in [0.2, 0.25) is 5.91 Å². The van der Waals surface area contributed by atoms with E-state index in [-0.39, 0.29) is 11.9 Å². The van der Waals surface area contributed by atoms with E-state index in [2.05, 4.69) is 17.1 Å². The number of para-hydroxylation sites is 2. The summed E-state index contributed by atoms with van der Waals surface area (Å²) in [5.41, 5.74) is 2.03. The van der Waals surface area contributed by atoms with Crippen molar-refractivity contribution >= 4 is 17.3 Å². The monoisotopic (exact) mass is 190 g/mol. The largest absolute Gasteiger partial charge is 0.358 e. The number of hydrogen-bond donors (Lipinski definition) is 1. The van der Waals surface area contributed by atoms with Crippen molar-refractivity contribution in [3.05, 3.63) is 24.3 Å². The smallest absolute Gasteiger partial charge is 0.246 e. The summed E-state index contributed by atoms with van der Waals surface area (Å²) in [5, 5.41) is 2.89. The van der Waals surface area contributed by atoms with Crippen LogP contribution in [0.4, 0.5) is 11.4 Å². The second kappa shape index (κ2) is 3.33. The zero-order valence-electron chi connectivity index (χ0n) is 8.45. The number of rotatable bonds is 1. The molecule has 1 N–H and O–H groups in total. The maximum Gasteiger partial charge on any atom is 0.246 e. The summed E-state index contributed by atoms with van der Waals surface area (Å²) in [6, 6.07) is 7.82. The molecule has 0 unspecified atom stereocenters. The third-order valence-electron chi connectivity index (χ3n) is 2.66. The standard InChI is InChI=1S/C11H14N2O/c1-3-13-8(2)11(14)12-9-6-4-5-7-10(9)13/h4-8H,3H2,1-2H3,(H,12,14)/t8-/m1/s1. The molecule has 0 aliphatic carbocycles. The van der Waals surface area contributed by atoms with E-state index in [9.17, 15) is 4.79 Å². The van der Waals surface area contributed by atoms with E-state index < -0.39 is 0 Å². The van der Waals surface area contributed by atoms with Crippen molar-refractivity contribution in [2.45, 2.75) is 19.9 Å². The predicted octanol–water partition coefficient (Wildman–Crippen LogP) is 1.85. The first-order valence-electron chi connectivity index (χ1n) is 4.90. The van der Waals surface area contributed by atoms with Gasteiger partial charge in [-0.25, -0.2) is 0 Å². The molecule has 1 aromatic rings. The molecular formula is C11H14N2O. The molecule has 0 aromatic heterocycles. The fraction of sp³-hybridized carbons (Fsp3) is 0.364. The first kappa shape index (κ1) is 9.06. The summed E-state index contributed by atoms with van der Waals surface area (Å²) in [4.78, 5) is 13.7. The molecular weight excluding hydrogens is 176 g/mol. The van der Waals surface area contributed by atoms with E-state index in [4.69, 9.17) is 0 Å². The van der Waals surface area contributed by atoms with E-state index in [1.165, 1.54) is 0 Å². The Morgan fingerprint density at radius 3 is 2.86 bits per heavy atom. The minimum absolute atomic E-state index is 0.0742. The highest BCUT2D eigenvalue weighted by atomic mass is 16.2. The van der Waals surface area contributed by atoms with Gasteiger partial charge in [0.15, 0.2) is 0 Å². The number of carbonyl (C=O) groups is 1. The molecule has 0 spiro atoms. The minimum atomic E-state index is -0.0742. The highest BCUT2D eigenvalue weighted by molar-refractivity contribution is 6.03. The molecule has 0 fully saturated rings. The van der Waals surface area contributed by atoms with Crippen molar-refractivity contribution in [3.8, 4) is 0 Å². The number of nitrogens with zero attached hydrogens (tertiary/aromatic N) is 1. The molecule has 74 valence electrons. The summed E-state index contributed by atoms with van der Waals surface area (Å²) in [7, 11) is 0. The number of carbonyl (C=O) groups excluding carboxylic acids is 1. The van der Waals surface area contributed by atoms with Gasteiger partial charge in [0.25, 0.3) is 0 Å². The zero-order valence-corrected chi connectivity index (χ0v) is 8.45. The van der Waals surface area contributed by atoms with Crippen molar-refractivity contribution in [3.63, 3.8) is 0 Å². The van der Waals surface area contributed by atoms with Crippen molar-refractivity contribution in [1.82, 2.24) is 0 Å². The van der Waals surface area contributed by atoms with Gasteiger partial charge in [-0.1, -0.05) is 12.1 Å². The maximum atomic E-state index is 11.6. The van der Waals surface area contributed by atoms with E-state index >= 15 is 0 Å². The van der Waals surface area contributed by atoms with Crippen LogP contribution in [0.25, 0.3) is 0 Å². The number of likely N-dealkylation sites (N-methyl/N-ethyl adjacent to an activating group) is 1. The molecule has 14 heavy (non-hydrogen) atoms. The molecule has 2 rings (SSSR count). The Labute approximate surface area is 83.7 Å². The van der Waals surface area contributed by atoms with Gasteiger partial charge in [-0.15, -0.1) is 0 Å². The number of fused-ring (bicyclic) bond motifs is 1. The van der Waals surface area contributed by atoms with Crippen molar-refractivity contribution in [1.29, 1.82) is 0 Å². The van der Waals surface area contributed by atoms with Gasteiger partial charge in [-0.2, -0.15) is 0 Å². The van der Waals surface area contributed by atoms with Crippen LogP contribution in [-0.4, -0.2) is 18.5 Å². The molecule has 3 heteroatoms. The summed E-state index contributed by atoms with van der Waals surface area (Å²) < 4.78 is 0. The van der Waals surface area contributed by atoms with Gasteiger partial charge in [0.05, 0.1) is 11.4 Å². The third kappa shape index (κ3) is 1.25. The number of nitrogens with one attached hydrogen (secondary N) is 1. The normalized spacial score (nSPS) is 20.3. The van der Waals surface area contributed by atoms with Crippen molar-refractivity contribution in [2.75, 3.05) is 16.8 Å². The SMILES string of the molecule is CCN1c2ccccc2NC(=O)[C@H]1C. The number of benzene rings is 1. The molecule has 1 aliphatic rings. The van der Waals surface area contributed by atoms with Crippen LogP contribution < -0.4 is 10.2 Å². The van der Waals surface area contributed by atoms with Crippen LogP contribution in [0.15, 0.2) is 24.3 Å². The van der Waals surface area contributed by atoms with Gasteiger partial charge in [0.1, 0.15) is 6.04 Å². The lowest BCUT2D eigenvalue weighted by Crippen LogP contribution is -2.46. The average molecular weight is 190 g/mol. The van der Waals surface area contributed by atoms with Gasteiger partial charge < -0.3 is 10.2 Å². The van der Waals surface area contributed by atoms with Gasteiger partial charge in [0, 0.05) is 6.54 Å². The Hall–Kier alpha value is -1.51. The second-order valence-electron chi connectivity index (χ2n) is 3.47. The molecule has 3 nitrogen and oxygen atoms in total. The fourth-order valence-corrected chi connectivity index (χ4v) is 1.86. The lowest BCUT2D eigenvalue weighted by molar-refractivity contribution is -0.117. The Morgan fingerprint density at radius 1 is 1.43 bits per heavy atom. The molecule has 1 aliphatic heterocycles. The van der Waals surface area contributed by atoms with Crippen LogP contribution in [0.1, 0.15) is 13.8 Å². The summed E-state index contributed by atoms with van der Waals surface area (Å²) in [5.74, 6) is 0.0746. The van der Waals surface area contributed by atoms with E-state index in [1.807, 2.05) is 31.2 Å². The van der Waals surface area contributed by atoms with Crippen LogP contribution in [-0.2, 0) is 4.79 Å². The van der Waals surface area contributed by atoms with Crippen LogP contribution in [0.3, 0.4) is 0 Å². The highest BCUT2D eigenvalue weighted by Crippen LogP contribution is 2.30. The van der Waals surface area contributed by atoms with Gasteiger partial charge >= 0.3 is 0 Å². The Morgan fingerprint density at radius 2 is 2.14 bits per heavy atom. The Kier molecular flexibility index (Phi) is 2.15. The maximum absolute atomic E-state index is 11.6. The molecule has 0 saturated heterocycles. The highest BCUT2D eigenvalue weighted by Gasteiger charge is 2.27. The van der Waals surface area contributed by atoms with Crippen LogP contribution in [0, 0.1) is 0 Å². The first-order chi connectivity index (χ1) is 6.74. The summed E-state index contributed by atoms with van der Waals surface area (Å²) >= 11 is 0. The van der Waals surface area contributed by atoms with E-state index in [0.29, 0.717) is 0 Å². The molecule has 0 radical (unpaired) electrons. The molecule has 0 bridgehead atoms. The Balaban J connectivity index is 2.47. The van der Waals surface area contributed by atoms with Crippen LogP contribution >= 0.6 is 0 Å². The molecule has 1 atom stereocenters. The number of anilines is 2. The Bertz CT molecular complexity index is 362. The first-order valence-corrected chi connectivity index (χ1v) is 4.90. The van der Waals surface area contributed by atoms with E-state index in [1.54, 1.807) is 0 Å². The summed E-state index contributed by atoms with van der Waals surface area (Å²) in [6.07, 6.45) is 0. The van der Waals surface area contributed by atoms with Crippen molar-refractivity contribution in [2.24, 2.45) is 0 Å². The minimum Gasteiger partial charge on any atom is -0.358 e. The molecule has 1 aromatic carbocycles. The van der Waals surface area contributed by atoms with Crippen LogP contribution in [0.5, 0.6) is 0 Å². The van der Waals surface area contributed by atoms with Gasteiger partial charge in [-0.05, 0) is 26.0 Å². The number of amides is 1. The second-order valence-corrected chi connectivity index (χ2v) is 3.47. The topological polar surface area (TPSA) is 32.3 Å². The van der Waals surface area contributed by atoms with E-state index in [0.717, 1.165) is 17.9 Å². The van der Waals surface area contributed by atoms with Gasteiger partial charge in [-0.3, -0.25) is 4.79 Å².